The number of hydrogen-bond donors (Lipinski definition) is 1. The molecule has 2 aliphatic rings. The van der Waals surface area contributed by atoms with Gasteiger partial charge in [0.15, 0.2) is 0 Å². The summed E-state index contributed by atoms with van der Waals surface area (Å²) in [7, 11) is 0. The van der Waals surface area contributed by atoms with Crippen LogP contribution in [-0.4, -0.2) is 54.9 Å². The van der Waals surface area contributed by atoms with Crippen molar-refractivity contribution in [3.05, 3.63) is 0 Å². The molecular weight excluding hydrogens is 268 g/mol. The number of rotatable bonds is 5. The summed E-state index contributed by atoms with van der Waals surface area (Å²) in [6.45, 7) is 10.1. The smallest absolute Gasteiger partial charge is 0.326 e. The topological polar surface area (TPSA) is 64.8 Å². The molecule has 0 bridgehead atoms. The van der Waals surface area contributed by atoms with E-state index < -0.39 is 5.54 Å². The summed E-state index contributed by atoms with van der Waals surface area (Å²) < 4.78 is 10.8. The van der Waals surface area contributed by atoms with E-state index in [1.165, 1.54) is 0 Å². The predicted octanol–water partition coefficient (Wildman–Crippen LogP) is 1.55. The molecule has 1 heterocycles. The summed E-state index contributed by atoms with van der Waals surface area (Å²) in [5.41, 5.74) is 5.69. The van der Waals surface area contributed by atoms with Gasteiger partial charge in [-0.1, -0.05) is 6.42 Å². The second-order valence-corrected chi connectivity index (χ2v) is 6.99. The number of carbonyl (C=O) groups excluding carboxylic acids is 1. The molecule has 2 unspecified atom stereocenters. The normalized spacial score (nSPS) is 33.0. The molecule has 2 N–H and O–H groups in total. The van der Waals surface area contributed by atoms with Crippen LogP contribution < -0.4 is 5.73 Å². The van der Waals surface area contributed by atoms with E-state index in [1.54, 1.807) is 0 Å². The van der Waals surface area contributed by atoms with E-state index in [1.807, 2.05) is 6.92 Å². The molecule has 0 aromatic rings. The van der Waals surface area contributed by atoms with Gasteiger partial charge in [0.1, 0.15) is 5.54 Å². The fraction of sp³-hybridized carbons (Fsp3) is 0.938. The highest BCUT2D eigenvalue weighted by Crippen LogP contribution is 2.37. The lowest BCUT2D eigenvalue weighted by Crippen LogP contribution is -2.55. The highest BCUT2D eigenvalue weighted by atomic mass is 16.5. The molecule has 1 aliphatic carbocycles. The van der Waals surface area contributed by atoms with Crippen LogP contribution in [0.2, 0.25) is 0 Å². The van der Waals surface area contributed by atoms with Crippen LogP contribution in [0.4, 0.5) is 0 Å². The second kappa shape index (κ2) is 6.63. The summed E-state index contributed by atoms with van der Waals surface area (Å²) in [4.78, 5) is 14.6. The Morgan fingerprint density at radius 2 is 2.24 bits per heavy atom. The predicted molar refractivity (Wildman–Crippen MR) is 82.0 cm³/mol. The van der Waals surface area contributed by atoms with Crippen LogP contribution in [0.5, 0.6) is 0 Å². The summed E-state index contributed by atoms with van der Waals surface area (Å²) in [5, 5.41) is 0. The van der Waals surface area contributed by atoms with Crippen LogP contribution in [0, 0.1) is 5.92 Å². The molecule has 21 heavy (non-hydrogen) atoms. The van der Waals surface area contributed by atoms with Crippen molar-refractivity contribution < 1.29 is 14.3 Å². The van der Waals surface area contributed by atoms with Crippen LogP contribution in [-0.2, 0) is 14.3 Å². The number of esters is 1. The van der Waals surface area contributed by atoms with Crippen molar-refractivity contribution in [2.75, 3.05) is 32.9 Å². The van der Waals surface area contributed by atoms with Gasteiger partial charge in [-0.2, -0.15) is 0 Å². The van der Waals surface area contributed by atoms with E-state index in [0.29, 0.717) is 6.61 Å². The fourth-order valence-corrected chi connectivity index (χ4v) is 3.66. The highest BCUT2D eigenvalue weighted by Gasteiger charge is 2.47. The summed E-state index contributed by atoms with van der Waals surface area (Å²) in [6.07, 6.45) is 3.76. The van der Waals surface area contributed by atoms with Crippen molar-refractivity contribution in [3.63, 3.8) is 0 Å². The Hall–Kier alpha value is -0.650. The molecular formula is C16H30N2O3. The molecule has 122 valence electrons. The number of ether oxygens (including phenoxy) is 2. The minimum Gasteiger partial charge on any atom is -0.465 e. The van der Waals surface area contributed by atoms with Gasteiger partial charge < -0.3 is 15.2 Å². The van der Waals surface area contributed by atoms with Crippen LogP contribution in [0.15, 0.2) is 0 Å². The minimum absolute atomic E-state index is 0.0675. The first-order valence-corrected chi connectivity index (χ1v) is 8.19. The highest BCUT2D eigenvalue weighted by molar-refractivity contribution is 5.81. The van der Waals surface area contributed by atoms with Crippen LogP contribution in [0.25, 0.3) is 0 Å². The third kappa shape index (κ3) is 3.58. The summed E-state index contributed by atoms with van der Waals surface area (Å²) in [6, 6.07) is 0. The molecule has 2 fully saturated rings. The van der Waals surface area contributed by atoms with Gasteiger partial charge in [-0.15, -0.1) is 0 Å². The van der Waals surface area contributed by atoms with Crippen molar-refractivity contribution in [3.8, 4) is 0 Å². The molecule has 0 aromatic heterocycles. The van der Waals surface area contributed by atoms with Crippen molar-refractivity contribution in [2.24, 2.45) is 11.7 Å². The average Bonchev–Trinajstić information content (AvgIpc) is 2.80. The Bertz CT molecular complexity index is 373. The summed E-state index contributed by atoms with van der Waals surface area (Å²) in [5.74, 6) is 0.0175. The molecule has 1 aliphatic heterocycles. The molecule has 1 saturated carbocycles. The number of nitrogens with two attached hydrogens (primary N) is 1. The van der Waals surface area contributed by atoms with E-state index in [2.05, 4.69) is 18.7 Å². The molecule has 0 aromatic carbocycles. The lowest BCUT2D eigenvalue weighted by atomic mass is 9.85. The third-order valence-corrected chi connectivity index (χ3v) is 5.09. The first-order valence-electron chi connectivity index (χ1n) is 8.19. The van der Waals surface area contributed by atoms with Gasteiger partial charge in [-0.3, -0.25) is 9.69 Å². The van der Waals surface area contributed by atoms with Gasteiger partial charge in [-0.25, -0.2) is 0 Å². The molecule has 2 rings (SSSR count). The Kier molecular flexibility index (Phi) is 5.28. The zero-order chi connectivity index (χ0) is 15.5. The standard InChI is InChI=1S/C16H30N2O3/c1-4-21-14(19)16(17)8-5-6-13(16)7-9-18-10-11-20-12-15(18,2)3/h13H,4-12,17H2,1-3H3. The number of hydrogen-bond acceptors (Lipinski definition) is 5. The first kappa shape index (κ1) is 16.7. The van der Waals surface area contributed by atoms with Gasteiger partial charge >= 0.3 is 5.97 Å². The van der Waals surface area contributed by atoms with E-state index in [-0.39, 0.29) is 17.4 Å². The zero-order valence-corrected chi connectivity index (χ0v) is 13.7. The molecule has 5 nitrogen and oxygen atoms in total. The zero-order valence-electron chi connectivity index (χ0n) is 13.7. The number of nitrogens with zero attached hydrogens (tertiary/aromatic N) is 1. The Morgan fingerprint density at radius 3 is 2.90 bits per heavy atom. The van der Waals surface area contributed by atoms with Crippen molar-refractivity contribution in [1.82, 2.24) is 4.90 Å². The second-order valence-electron chi connectivity index (χ2n) is 6.99. The number of carbonyl (C=O) groups is 1. The van der Waals surface area contributed by atoms with Crippen LogP contribution in [0.1, 0.15) is 46.5 Å². The molecule has 0 radical (unpaired) electrons. The Balaban J connectivity index is 1.94. The molecule has 1 saturated heterocycles. The lowest BCUT2D eigenvalue weighted by Gasteiger charge is -2.43. The minimum atomic E-state index is -0.771. The van der Waals surface area contributed by atoms with E-state index in [4.69, 9.17) is 15.2 Å². The molecule has 2 atom stereocenters. The number of morpholine rings is 1. The van der Waals surface area contributed by atoms with Crippen molar-refractivity contribution in [2.45, 2.75) is 57.5 Å². The SMILES string of the molecule is CCOC(=O)C1(N)CCCC1CCN1CCOCC1(C)C. The maximum atomic E-state index is 12.2. The molecule has 5 heteroatoms. The molecule has 0 spiro atoms. The van der Waals surface area contributed by atoms with Crippen LogP contribution in [0.3, 0.4) is 0 Å². The third-order valence-electron chi connectivity index (χ3n) is 5.09. The Morgan fingerprint density at radius 1 is 1.48 bits per heavy atom. The van der Waals surface area contributed by atoms with Gasteiger partial charge in [0, 0.05) is 12.1 Å². The van der Waals surface area contributed by atoms with Gasteiger partial charge in [0.2, 0.25) is 0 Å². The maximum absolute atomic E-state index is 12.2. The van der Waals surface area contributed by atoms with Crippen molar-refractivity contribution >= 4 is 5.97 Å². The monoisotopic (exact) mass is 298 g/mol. The fourth-order valence-electron chi connectivity index (χ4n) is 3.66. The summed E-state index contributed by atoms with van der Waals surface area (Å²) >= 11 is 0. The largest absolute Gasteiger partial charge is 0.465 e. The quantitative estimate of drug-likeness (QED) is 0.780. The van der Waals surface area contributed by atoms with Crippen molar-refractivity contribution in [1.29, 1.82) is 0 Å². The van der Waals surface area contributed by atoms with E-state index >= 15 is 0 Å². The van der Waals surface area contributed by atoms with E-state index in [0.717, 1.165) is 52.0 Å². The first-order chi connectivity index (χ1) is 9.90. The maximum Gasteiger partial charge on any atom is 0.326 e. The Labute approximate surface area is 128 Å². The van der Waals surface area contributed by atoms with Gasteiger partial charge in [-0.05, 0) is 52.5 Å². The van der Waals surface area contributed by atoms with Crippen LogP contribution >= 0.6 is 0 Å². The average molecular weight is 298 g/mol. The van der Waals surface area contributed by atoms with Gasteiger partial charge in [0.25, 0.3) is 0 Å². The molecule has 0 amide bonds. The lowest BCUT2D eigenvalue weighted by molar-refractivity contribution is -0.151. The van der Waals surface area contributed by atoms with Gasteiger partial charge in [0.05, 0.1) is 19.8 Å². The van der Waals surface area contributed by atoms with E-state index in [9.17, 15) is 4.79 Å².